The zero-order chi connectivity index (χ0) is 15.0. The number of benzene rings is 1. The first kappa shape index (κ1) is 15.2. The van der Waals surface area contributed by atoms with Crippen molar-refractivity contribution in [2.24, 2.45) is 5.73 Å². The van der Waals surface area contributed by atoms with Gasteiger partial charge in [-0.25, -0.2) is 8.78 Å². The quantitative estimate of drug-likeness (QED) is 0.866. The van der Waals surface area contributed by atoms with Crippen LogP contribution in [0.3, 0.4) is 0 Å². The van der Waals surface area contributed by atoms with Crippen molar-refractivity contribution >= 4 is 23.2 Å². The standard InChI is InChI=1S/C13H13Cl2F2N3/c1-6(2)20-13(9(15)5-19-20)12(18)7-3-11(17)8(14)4-10(7)16/h3-6,12H,18H2,1-2H3. The Labute approximate surface area is 125 Å². The Bertz CT molecular complexity index is 641. The molecule has 0 aliphatic rings. The first-order valence-electron chi connectivity index (χ1n) is 5.95. The average Bonchev–Trinajstić information content (AvgIpc) is 2.75. The molecule has 0 radical (unpaired) electrons. The number of halogens is 4. The summed E-state index contributed by atoms with van der Waals surface area (Å²) in [4.78, 5) is 0. The van der Waals surface area contributed by atoms with Gasteiger partial charge in [0.1, 0.15) is 11.6 Å². The third kappa shape index (κ3) is 2.66. The Balaban J connectivity index is 2.54. The highest BCUT2D eigenvalue weighted by Gasteiger charge is 2.23. The van der Waals surface area contributed by atoms with E-state index >= 15 is 0 Å². The van der Waals surface area contributed by atoms with Gasteiger partial charge in [0.2, 0.25) is 0 Å². The van der Waals surface area contributed by atoms with E-state index in [2.05, 4.69) is 5.10 Å². The fraction of sp³-hybridized carbons (Fsp3) is 0.308. The minimum Gasteiger partial charge on any atom is -0.319 e. The van der Waals surface area contributed by atoms with Crippen molar-refractivity contribution in [1.29, 1.82) is 0 Å². The molecule has 3 nitrogen and oxygen atoms in total. The highest BCUT2D eigenvalue weighted by Crippen LogP contribution is 2.31. The fourth-order valence-corrected chi connectivity index (χ4v) is 2.37. The molecule has 0 amide bonds. The molecule has 0 aliphatic carbocycles. The second-order valence-corrected chi connectivity index (χ2v) is 5.50. The van der Waals surface area contributed by atoms with Crippen LogP contribution in [0.25, 0.3) is 0 Å². The molecule has 1 unspecified atom stereocenters. The lowest BCUT2D eigenvalue weighted by atomic mass is 10.0. The van der Waals surface area contributed by atoms with E-state index in [1.165, 1.54) is 6.20 Å². The third-order valence-electron chi connectivity index (χ3n) is 2.95. The summed E-state index contributed by atoms with van der Waals surface area (Å²) in [5, 5.41) is 4.11. The third-order valence-corrected chi connectivity index (χ3v) is 3.53. The van der Waals surface area contributed by atoms with Gasteiger partial charge in [0.15, 0.2) is 0 Å². The molecule has 2 aromatic rings. The molecule has 0 aliphatic heterocycles. The van der Waals surface area contributed by atoms with Gasteiger partial charge < -0.3 is 5.73 Å². The maximum Gasteiger partial charge on any atom is 0.142 e. The van der Waals surface area contributed by atoms with Crippen LogP contribution >= 0.6 is 23.2 Å². The van der Waals surface area contributed by atoms with E-state index in [9.17, 15) is 8.78 Å². The van der Waals surface area contributed by atoms with E-state index in [1.54, 1.807) is 4.68 Å². The minimum absolute atomic E-state index is 0.0104. The zero-order valence-corrected chi connectivity index (χ0v) is 12.4. The minimum atomic E-state index is -0.931. The molecule has 2 N–H and O–H groups in total. The van der Waals surface area contributed by atoms with Crippen molar-refractivity contribution in [1.82, 2.24) is 9.78 Å². The number of rotatable bonds is 3. The molecule has 7 heteroatoms. The maximum atomic E-state index is 13.9. The van der Waals surface area contributed by atoms with Crippen molar-refractivity contribution < 1.29 is 8.78 Å². The zero-order valence-electron chi connectivity index (χ0n) is 10.9. The van der Waals surface area contributed by atoms with Crippen molar-refractivity contribution in [3.63, 3.8) is 0 Å². The normalized spacial score (nSPS) is 13.0. The smallest absolute Gasteiger partial charge is 0.142 e. The lowest BCUT2D eigenvalue weighted by molar-refractivity contribution is 0.492. The monoisotopic (exact) mass is 319 g/mol. The van der Waals surface area contributed by atoms with E-state index in [0.717, 1.165) is 12.1 Å². The highest BCUT2D eigenvalue weighted by molar-refractivity contribution is 6.31. The van der Waals surface area contributed by atoms with Crippen LogP contribution in [0, 0.1) is 11.6 Å². The van der Waals surface area contributed by atoms with Crippen LogP contribution in [0.15, 0.2) is 18.3 Å². The summed E-state index contributed by atoms with van der Waals surface area (Å²) in [6.07, 6.45) is 1.43. The summed E-state index contributed by atoms with van der Waals surface area (Å²) in [7, 11) is 0. The summed E-state index contributed by atoms with van der Waals surface area (Å²) in [6, 6.07) is 0.940. The van der Waals surface area contributed by atoms with E-state index < -0.39 is 17.7 Å². The molecule has 108 valence electrons. The van der Waals surface area contributed by atoms with Gasteiger partial charge >= 0.3 is 0 Å². The lowest BCUT2D eigenvalue weighted by Crippen LogP contribution is -2.20. The summed E-state index contributed by atoms with van der Waals surface area (Å²) in [5.74, 6) is -1.42. The molecular weight excluding hydrogens is 307 g/mol. The van der Waals surface area contributed by atoms with Crippen LogP contribution in [0.4, 0.5) is 8.78 Å². The van der Waals surface area contributed by atoms with Crippen molar-refractivity contribution in [3.05, 3.63) is 51.3 Å². The molecule has 0 fully saturated rings. The number of nitrogens with zero attached hydrogens (tertiary/aromatic N) is 2. The Hall–Kier alpha value is -1.17. The molecule has 0 bridgehead atoms. The van der Waals surface area contributed by atoms with E-state index in [-0.39, 0.29) is 16.6 Å². The van der Waals surface area contributed by atoms with Crippen LogP contribution in [0.2, 0.25) is 10.0 Å². The summed E-state index contributed by atoms with van der Waals surface area (Å²) < 4.78 is 29.0. The van der Waals surface area contributed by atoms with Crippen molar-refractivity contribution in [2.75, 3.05) is 0 Å². The van der Waals surface area contributed by atoms with Crippen molar-refractivity contribution in [2.45, 2.75) is 25.9 Å². The largest absolute Gasteiger partial charge is 0.319 e. The summed E-state index contributed by atoms with van der Waals surface area (Å²) in [5.41, 5.74) is 6.44. The van der Waals surface area contributed by atoms with Crippen LogP contribution < -0.4 is 5.73 Å². The fourth-order valence-electron chi connectivity index (χ4n) is 1.98. The van der Waals surface area contributed by atoms with E-state index in [4.69, 9.17) is 28.9 Å². The second kappa shape index (κ2) is 5.68. The first-order chi connectivity index (χ1) is 9.32. The van der Waals surface area contributed by atoms with Gasteiger partial charge in [-0.1, -0.05) is 23.2 Å². The predicted octanol–water partition coefficient (Wildman–Crippen LogP) is 4.10. The molecule has 20 heavy (non-hydrogen) atoms. The Morgan fingerprint density at radius 3 is 2.40 bits per heavy atom. The van der Waals surface area contributed by atoms with Crippen LogP contribution in [-0.2, 0) is 0 Å². The molecule has 0 saturated carbocycles. The van der Waals surface area contributed by atoms with Gasteiger partial charge in [-0.2, -0.15) is 5.10 Å². The summed E-state index contributed by atoms with van der Waals surface area (Å²) >= 11 is 11.6. The van der Waals surface area contributed by atoms with E-state index in [0.29, 0.717) is 10.7 Å². The van der Waals surface area contributed by atoms with Gasteiger partial charge in [0, 0.05) is 11.6 Å². The van der Waals surface area contributed by atoms with Gasteiger partial charge in [0.25, 0.3) is 0 Å². The predicted molar refractivity (Wildman–Crippen MR) is 75.0 cm³/mol. The number of hydrogen-bond donors (Lipinski definition) is 1. The molecule has 1 aromatic carbocycles. The first-order valence-corrected chi connectivity index (χ1v) is 6.71. The van der Waals surface area contributed by atoms with Crippen LogP contribution in [-0.4, -0.2) is 9.78 Å². The van der Waals surface area contributed by atoms with Crippen molar-refractivity contribution in [3.8, 4) is 0 Å². The molecular formula is C13H13Cl2F2N3. The number of aromatic nitrogens is 2. The van der Waals surface area contributed by atoms with Gasteiger partial charge in [-0.15, -0.1) is 0 Å². The topological polar surface area (TPSA) is 43.8 Å². The Morgan fingerprint density at radius 2 is 1.80 bits per heavy atom. The molecule has 0 spiro atoms. The molecule has 1 heterocycles. The highest BCUT2D eigenvalue weighted by atomic mass is 35.5. The molecule has 1 aromatic heterocycles. The molecule has 0 saturated heterocycles. The summed E-state index contributed by atoms with van der Waals surface area (Å²) in [6.45, 7) is 3.77. The number of hydrogen-bond acceptors (Lipinski definition) is 2. The van der Waals surface area contributed by atoms with Crippen LogP contribution in [0.1, 0.15) is 37.2 Å². The SMILES string of the molecule is CC(C)n1ncc(Cl)c1C(N)c1cc(F)c(Cl)cc1F. The number of nitrogens with two attached hydrogens (primary N) is 1. The second-order valence-electron chi connectivity index (χ2n) is 4.68. The average molecular weight is 320 g/mol. The molecule has 1 atom stereocenters. The van der Waals surface area contributed by atoms with Gasteiger partial charge in [-0.3, -0.25) is 4.68 Å². The molecule has 2 rings (SSSR count). The Morgan fingerprint density at radius 1 is 1.15 bits per heavy atom. The van der Waals surface area contributed by atoms with Gasteiger partial charge in [-0.05, 0) is 26.0 Å². The van der Waals surface area contributed by atoms with Crippen LogP contribution in [0.5, 0.6) is 0 Å². The Kier molecular flexibility index (Phi) is 4.32. The lowest BCUT2D eigenvalue weighted by Gasteiger charge is -2.18. The van der Waals surface area contributed by atoms with E-state index in [1.807, 2.05) is 13.8 Å². The van der Waals surface area contributed by atoms with Gasteiger partial charge in [0.05, 0.1) is 28.0 Å². The maximum absolute atomic E-state index is 13.9.